The Morgan fingerprint density at radius 2 is 1.74 bits per heavy atom. The van der Waals surface area contributed by atoms with Crippen LogP contribution in [0.15, 0.2) is 47.5 Å². The van der Waals surface area contributed by atoms with Gasteiger partial charge in [-0.15, -0.1) is 11.8 Å². The number of thioether (sulfide) groups is 1. The van der Waals surface area contributed by atoms with Crippen LogP contribution in [0.25, 0.3) is 16.9 Å². The molecule has 2 fully saturated rings. The summed E-state index contributed by atoms with van der Waals surface area (Å²) in [5, 5.41) is 4.56. The van der Waals surface area contributed by atoms with Crippen LogP contribution in [0.1, 0.15) is 64.2 Å². The maximum Gasteiger partial charge on any atom is 0.139 e. The van der Waals surface area contributed by atoms with Crippen LogP contribution in [0.3, 0.4) is 0 Å². The zero-order valence-corrected chi connectivity index (χ0v) is 19.3. The molecular weight excluding hydrogens is 402 g/mol. The highest BCUT2D eigenvalue weighted by Gasteiger charge is 2.22. The average Bonchev–Trinajstić information content (AvgIpc) is 3.19. The maximum absolute atomic E-state index is 5.73. The van der Waals surface area contributed by atoms with E-state index >= 15 is 0 Å². The lowest BCUT2D eigenvalue weighted by Crippen LogP contribution is -2.23. The molecule has 5 rings (SSSR count). The van der Waals surface area contributed by atoms with Gasteiger partial charge in [0.05, 0.1) is 12.0 Å². The monoisotopic (exact) mass is 435 g/mol. The van der Waals surface area contributed by atoms with Crippen molar-refractivity contribution in [2.24, 2.45) is 0 Å². The molecule has 0 radical (unpaired) electrons. The second kappa shape index (κ2) is 9.56. The highest BCUT2D eigenvalue weighted by Crippen LogP contribution is 2.41. The smallest absolute Gasteiger partial charge is 0.139 e. The van der Waals surface area contributed by atoms with Gasteiger partial charge in [-0.1, -0.05) is 44.6 Å². The van der Waals surface area contributed by atoms with Gasteiger partial charge in [0.15, 0.2) is 0 Å². The molecule has 0 bridgehead atoms. The number of pyridine rings is 1. The van der Waals surface area contributed by atoms with Crippen LogP contribution in [-0.2, 0) is 0 Å². The van der Waals surface area contributed by atoms with Crippen LogP contribution in [0.2, 0.25) is 0 Å². The molecule has 2 saturated carbocycles. The Kier molecular flexibility index (Phi) is 6.40. The lowest BCUT2D eigenvalue weighted by Gasteiger charge is -2.24. The van der Waals surface area contributed by atoms with E-state index in [2.05, 4.69) is 52.3 Å². The molecule has 0 spiro atoms. The first-order chi connectivity index (χ1) is 15.3. The Hall–Kier alpha value is -2.14. The van der Waals surface area contributed by atoms with Crippen molar-refractivity contribution in [3.8, 4) is 17.0 Å². The molecule has 0 amide bonds. The van der Waals surface area contributed by atoms with E-state index in [1.807, 2.05) is 11.8 Å². The molecule has 164 valence electrons. The largest absolute Gasteiger partial charge is 0.496 e. The quantitative estimate of drug-likeness (QED) is 0.445. The molecule has 5 heteroatoms. The number of rotatable bonds is 6. The highest BCUT2D eigenvalue weighted by molar-refractivity contribution is 8.00. The van der Waals surface area contributed by atoms with Crippen molar-refractivity contribution < 1.29 is 4.74 Å². The molecule has 31 heavy (non-hydrogen) atoms. The van der Waals surface area contributed by atoms with Gasteiger partial charge in [-0.25, -0.2) is 4.98 Å². The normalized spacial score (nSPS) is 18.4. The number of imidazole rings is 1. The summed E-state index contributed by atoms with van der Waals surface area (Å²) in [5.41, 5.74) is 3.21. The van der Waals surface area contributed by atoms with Gasteiger partial charge >= 0.3 is 0 Å². The summed E-state index contributed by atoms with van der Waals surface area (Å²) >= 11 is 1.99. The van der Waals surface area contributed by atoms with Gasteiger partial charge in [-0.2, -0.15) is 0 Å². The van der Waals surface area contributed by atoms with Crippen molar-refractivity contribution in [1.29, 1.82) is 0 Å². The van der Waals surface area contributed by atoms with Gasteiger partial charge in [0.25, 0.3) is 0 Å². The number of hydrogen-bond acceptors (Lipinski definition) is 4. The minimum absolute atomic E-state index is 0.530. The van der Waals surface area contributed by atoms with Crippen molar-refractivity contribution in [2.45, 2.75) is 80.4 Å². The Balaban J connectivity index is 1.51. The number of fused-ring (bicyclic) bond motifs is 1. The van der Waals surface area contributed by atoms with Gasteiger partial charge in [0, 0.05) is 23.1 Å². The summed E-state index contributed by atoms with van der Waals surface area (Å²) < 4.78 is 7.94. The third kappa shape index (κ3) is 4.57. The summed E-state index contributed by atoms with van der Waals surface area (Å²) in [6, 6.07) is 13.4. The molecule has 2 aliphatic carbocycles. The fraction of sp³-hybridized carbons (Fsp3) is 0.500. The summed E-state index contributed by atoms with van der Waals surface area (Å²) in [7, 11) is 1.78. The van der Waals surface area contributed by atoms with Crippen LogP contribution in [0.5, 0.6) is 5.75 Å². The predicted octanol–water partition coefficient (Wildman–Crippen LogP) is 7.18. The van der Waals surface area contributed by atoms with Gasteiger partial charge < -0.3 is 10.1 Å². The minimum Gasteiger partial charge on any atom is -0.496 e. The molecule has 4 nitrogen and oxygen atoms in total. The molecule has 2 aromatic heterocycles. The molecule has 2 aliphatic rings. The van der Waals surface area contributed by atoms with E-state index in [-0.39, 0.29) is 0 Å². The standard InChI is InChI=1S/C26H33N3OS/c1-30-22-16-15-19(18-23(22)31-21-12-6-3-7-13-21)25-26(27-20-10-4-2-5-11-20)29-17-9-8-14-24(29)28-25/h8-9,14-18,20-21,27H,2-7,10-13H2,1H3. The average molecular weight is 436 g/mol. The molecular formula is C26H33N3OS. The Morgan fingerprint density at radius 1 is 0.968 bits per heavy atom. The number of anilines is 1. The van der Waals surface area contributed by atoms with Gasteiger partial charge in [0.2, 0.25) is 0 Å². The molecule has 1 N–H and O–H groups in total. The first kappa shape index (κ1) is 20.7. The lowest BCUT2D eigenvalue weighted by molar-refractivity contribution is 0.404. The summed E-state index contributed by atoms with van der Waals surface area (Å²) in [4.78, 5) is 6.29. The first-order valence-corrected chi connectivity index (χ1v) is 12.8. The number of methoxy groups -OCH3 is 1. The second-order valence-corrected chi connectivity index (χ2v) is 10.3. The molecule has 2 heterocycles. The SMILES string of the molecule is COc1ccc(-c2nc3ccccn3c2NC2CCCCC2)cc1SC1CCCCC1. The number of benzene rings is 1. The summed E-state index contributed by atoms with van der Waals surface area (Å²) in [6.07, 6.45) is 15.3. The number of aromatic nitrogens is 2. The fourth-order valence-corrected chi connectivity index (χ4v) is 6.44. The number of ether oxygens (including phenoxy) is 1. The molecule has 0 unspecified atom stereocenters. The third-order valence-electron chi connectivity index (χ3n) is 6.76. The molecule has 1 aromatic carbocycles. The van der Waals surface area contributed by atoms with E-state index in [1.54, 1.807) is 7.11 Å². The zero-order valence-electron chi connectivity index (χ0n) is 18.5. The van der Waals surface area contributed by atoms with Crippen molar-refractivity contribution in [1.82, 2.24) is 9.38 Å². The van der Waals surface area contributed by atoms with Crippen molar-refractivity contribution in [2.75, 3.05) is 12.4 Å². The van der Waals surface area contributed by atoms with Gasteiger partial charge in [0.1, 0.15) is 22.9 Å². The van der Waals surface area contributed by atoms with Crippen molar-refractivity contribution in [3.05, 3.63) is 42.6 Å². The third-order valence-corrected chi connectivity index (χ3v) is 8.14. The van der Waals surface area contributed by atoms with E-state index in [9.17, 15) is 0 Å². The van der Waals surface area contributed by atoms with Gasteiger partial charge in [-0.05, 0) is 56.0 Å². The van der Waals surface area contributed by atoms with Crippen LogP contribution < -0.4 is 10.1 Å². The first-order valence-electron chi connectivity index (χ1n) is 11.9. The topological polar surface area (TPSA) is 38.6 Å². The van der Waals surface area contributed by atoms with E-state index in [1.165, 1.54) is 74.7 Å². The van der Waals surface area contributed by atoms with E-state index in [0.29, 0.717) is 11.3 Å². The van der Waals surface area contributed by atoms with Crippen LogP contribution in [0, 0.1) is 0 Å². The zero-order chi connectivity index (χ0) is 21.0. The molecule has 0 atom stereocenters. The van der Waals surface area contributed by atoms with Gasteiger partial charge in [-0.3, -0.25) is 4.40 Å². The summed E-state index contributed by atoms with van der Waals surface area (Å²) in [6.45, 7) is 0. The molecule has 3 aromatic rings. The minimum atomic E-state index is 0.530. The molecule has 0 aliphatic heterocycles. The van der Waals surface area contributed by atoms with E-state index in [0.717, 1.165) is 22.9 Å². The Labute approximate surface area is 189 Å². The van der Waals surface area contributed by atoms with Crippen LogP contribution in [0.4, 0.5) is 5.82 Å². The summed E-state index contributed by atoms with van der Waals surface area (Å²) in [5.74, 6) is 2.10. The Morgan fingerprint density at radius 3 is 2.52 bits per heavy atom. The van der Waals surface area contributed by atoms with E-state index in [4.69, 9.17) is 9.72 Å². The number of nitrogens with zero attached hydrogens (tertiary/aromatic N) is 2. The maximum atomic E-state index is 5.73. The van der Waals surface area contributed by atoms with Crippen LogP contribution >= 0.6 is 11.8 Å². The van der Waals surface area contributed by atoms with Crippen LogP contribution in [-0.4, -0.2) is 27.8 Å². The number of hydrogen-bond donors (Lipinski definition) is 1. The molecule has 0 saturated heterocycles. The lowest BCUT2D eigenvalue weighted by atomic mass is 9.95. The van der Waals surface area contributed by atoms with Crippen molar-refractivity contribution >= 4 is 23.2 Å². The Bertz CT molecular complexity index is 1020. The number of nitrogens with one attached hydrogen (secondary N) is 1. The predicted molar refractivity (Wildman–Crippen MR) is 130 cm³/mol. The fourth-order valence-electron chi connectivity index (χ4n) is 5.05. The van der Waals surface area contributed by atoms with Crippen molar-refractivity contribution in [3.63, 3.8) is 0 Å². The second-order valence-electron chi connectivity index (χ2n) is 8.96. The highest BCUT2D eigenvalue weighted by atomic mass is 32.2. The van der Waals surface area contributed by atoms with E-state index < -0.39 is 0 Å².